The minimum absolute atomic E-state index is 0.188. The second-order valence-corrected chi connectivity index (χ2v) is 4.72. The Bertz CT molecular complexity index is 539. The van der Waals surface area contributed by atoms with Gasteiger partial charge in [0.25, 0.3) is 0 Å². The van der Waals surface area contributed by atoms with Gasteiger partial charge in [0.05, 0.1) is 24.9 Å². The van der Waals surface area contributed by atoms with Gasteiger partial charge in [0.15, 0.2) is 0 Å². The van der Waals surface area contributed by atoms with Crippen molar-refractivity contribution in [3.63, 3.8) is 0 Å². The monoisotopic (exact) mass is 292 g/mol. The standard InChI is InChI=1S/C14H20N4O3/c1-3-21-12(19)5-4-11-9(2)16-14(15)18-13(11)17-10-6-7-20-8-10/h4-5,10H,3,6-8H2,1-2H3,(H3,15,16,17,18)/t10-/m1/s1. The van der Waals surface area contributed by atoms with E-state index in [0.717, 1.165) is 18.6 Å². The third-order valence-corrected chi connectivity index (χ3v) is 3.10. The maximum absolute atomic E-state index is 11.4. The summed E-state index contributed by atoms with van der Waals surface area (Å²) in [6, 6.07) is 0.188. The molecule has 0 amide bonds. The molecule has 0 bridgehead atoms. The third kappa shape index (κ3) is 4.16. The number of carbonyl (C=O) groups is 1. The van der Waals surface area contributed by atoms with Crippen LogP contribution in [0.2, 0.25) is 0 Å². The number of esters is 1. The molecule has 1 saturated heterocycles. The largest absolute Gasteiger partial charge is 0.463 e. The van der Waals surface area contributed by atoms with Crippen LogP contribution in [0, 0.1) is 6.92 Å². The fraction of sp³-hybridized carbons (Fsp3) is 0.500. The lowest BCUT2D eigenvalue weighted by Gasteiger charge is -2.15. The van der Waals surface area contributed by atoms with Crippen LogP contribution in [0.5, 0.6) is 0 Å². The number of rotatable bonds is 5. The number of hydrogen-bond donors (Lipinski definition) is 2. The highest BCUT2D eigenvalue weighted by Gasteiger charge is 2.18. The molecule has 1 aromatic heterocycles. The second-order valence-electron chi connectivity index (χ2n) is 4.72. The van der Waals surface area contributed by atoms with E-state index < -0.39 is 5.97 Å². The van der Waals surface area contributed by atoms with Gasteiger partial charge in [-0.25, -0.2) is 9.78 Å². The zero-order valence-corrected chi connectivity index (χ0v) is 12.3. The Morgan fingerprint density at radius 2 is 2.38 bits per heavy atom. The Morgan fingerprint density at radius 1 is 1.57 bits per heavy atom. The molecule has 0 aromatic carbocycles. The van der Waals surface area contributed by atoms with Gasteiger partial charge in [-0.15, -0.1) is 0 Å². The van der Waals surface area contributed by atoms with Crippen molar-refractivity contribution in [2.75, 3.05) is 30.9 Å². The summed E-state index contributed by atoms with van der Waals surface area (Å²) in [4.78, 5) is 19.8. The summed E-state index contributed by atoms with van der Waals surface area (Å²) in [5, 5.41) is 3.29. The van der Waals surface area contributed by atoms with Crippen molar-refractivity contribution in [2.45, 2.75) is 26.3 Å². The average molecular weight is 292 g/mol. The van der Waals surface area contributed by atoms with Gasteiger partial charge < -0.3 is 20.5 Å². The lowest BCUT2D eigenvalue weighted by atomic mass is 10.1. The van der Waals surface area contributed by atoms with E-state index in [2.05, 4.69) is 15.3 Å². The topological polar surface area (TPSA) is 99.4 Å². The van der Waals surface area contributed by atoms with Crippen LogP contribution < -0.4 is 11.1 Å². The summed E-state index contributed by atoms with van der Waals surface area (Å²) >= 11 is 0. The molecule has 0 spiro atoms. The van der Waals surface area contributed by atoms with Crippen molar-refractivity contribution in [3.05, 3.63) is 17.3 Å². The lowest BCUT2D eigenvalue weighted by Crippen LogP contribution is -2.21. The first-order chi connectivity index (χ1) is 10.1. The predicted molar refractivity (Wildman–Crippen MR) is 79.7 cm³/mol. The van der Waals surface area contributed by atoms with Crippen molar-refractivity contribution in [1.29, 1.82) is 0 Å². The predicted octanol–water partition coefficient (Wildman–Crippen LogP) is 1.14. The smallest absolute Gasteiger partial charge is 0.330 e. The Labute approximate surface area is 123 Å². The summed E-state index contributed by atoms with van der Waals surface area (Å²) in [6.07, 6.45) is 3.91. The van der Waals surface area contributed by atoms with Gasteiger partial charge in [-0.1, -0.05) is 0 Å². The van der Waals surface area contributed by atoms with Gasteiger partial charge in [0, 0.05) is 18.2 Å². The van der Waals surface area contributed by atoms with Crippen molar-refractivity contribution >= 4 is 23.8 Å². The Kier molecular flexibility index (Phi) is 5.10. The van der Waals surface area contributed by atoms with Crippen LogP contribution in [0.25, 0.3) is 6.08 Å². The first kappa shape index (κ1) is 15.2. The number of carbonyl (C=O) groups excluding carboxylic acids is 1. The minimum atomic E-state index is -0.399. The Morgan fingerprint density at radius 3 is 3.05 bits per heavy atom. The number of nitrogens with one attached hydrogen (secondary N) is 1. The molecule has 1 fully saturated rings. The molecule has 114 valence electrons. The van der Waals surface area contributed by atoms with Crippen LogP contribution in [0.15, 0.2) is 6.08 Å². The molecule has 2 rings (SSSR count). The maximum Gasteiger partial charge on any atom is 0.330 e. The highest BCUT2D eigenvalue weighted by atomic mass is 16.5. The van der Waals surface area contributed by atoms with Crippen molar-refractivity contribution in [2.24, 2.45) is 0 Å². The number of ether oxygens (including phenoxy) is 2. The van der Waals surface area contributed by atoms with Crippen LogP contribution in [-0.4, -0.2) is 41.8 Å². The van der Waals surface area contributed by atoms with E-state index in [0.29, 0.717) is 24.7 Å². The lowest BCUT2D eigenvalue weighted by molar-refractivity contribution is -0.137. The van der Waals surface area contributed by atoms with Crippen molar-refractivity contribution in [3.8, 4) is 0 Å². The van der Waals surface area contributed by atoms with E-state index in [1.165, 1.54) is 6.08 Å². The van der Waals surface area contributed by atoms with Crippen LogP contribution in [0.3, 0.4) is 0 Å². The third-order valence-electron chi connectivity index (χ3n) is 3.10. The van der Waals surface area contributed by atoms with Gasteiger partial charge in [0.2, 0.25) is 5.95 Å². The van der Waals surface area contributed by atoms with Crippen LogP contribution in [0.4, 0.5) is 11.8 Å². The number of hydrogen-bond acceptors (Lipinski definition) is 7. The van der Waals surface area contributed by atoms with E-state index >= 15 is 0 Å². The summed E-state index contributed by atoms with van der Waals surface area (Å²) in [5.41, 5.74) is 7.12. The van der Waals surface area contributed by atoms with Crippen LogP contribution >= 0.6 is 0 Å². The molecule has 1 aromatic rings. The molecule has 0 aliphatic carbocycles. The van der Waals surface area contributed by atoms with E-state index in [4.69, 9.17) is 15.2 Å². The molecule has 0 saturated carbocycles. The summed E-state index contributed by atoms with van der Waals surface area (Å²) in [5.74, 6) is 0.405. The number of nitrogens with zero attached hydrogens (tertiary/aromatic N) is 2. The Hall–Kier alpha value is -2.15. The van der Waals surface area contributed by atoms with E-state index in [1.807, 2.05) is 6.92 Å². The molecule has 1 atom stereocenters. The number of nitrogens with two attached hydrogens (primary N) is 1. The highest BCUT2D eigenvalue weighted by molar-refractivity contribution is 5.88. The Balaban J connectivity index is 2.22. The molecule has 0 radical (unpaired) electrons. The zero-order chi connectivity index (χ0) is 15.2. The molecule has 21 heavy (non-hydrogen) atoms. The molecule has 1 aliphatic heterocycles. The maximum atomic E-state index is 11.4. The summed E-state index contributed by atoms with van der Waals surface area (Å²) < 4.78 is 10.2. The number of aromatic nitrogens is 2. The quantitative estimate of drug-likeness (QED) is 0.620. The summed E-state index contributed by atoms with van der Waals surface area (Å²) in [6.45, 7) is 5.27. The molecule has 0 unspecified atom stereocenters. The normalized spacial score (nSPS) is 18.1. The molecule has 3 N–H and O–H groups in total. The van der Waals surface area contributed by atoms with Gasteiger partial charge in [0.1, 0.15) is 5.82 Å². The SMILES string of the molecule is CCOC(=O)C=Cc1c(C)nc(N)nc1N[C@@H]1CCOC1. The second kappa shape index (κ2) is 7.03. The fourth-order valence-corrected chi connectivity index (χ4v) is 2.10. The van der Waals surface area contributed by atoms with E-state index in [1.54, 1.807) is 13.0 Å². The molecule has 7 heteroatoms. The number of anilines is 2. The summed E-state index contributed by atoms with van der Waals surface area (Å²) in [7, 11) is 0. The van der Waals surface area contributed by atoms with Crippen molar-refractivity contribution < 1.29 is 14.3 Å². The van der Waals surface area contributed by atoms with Crippen LogP contribution in [-0.2, 0) is 14.3 Å². The first-order valence-corrected chi connectivity index (χ1v) is 6.93. The number of nitrogen functional groups attached to an aromatic ring is 1. The molecule has 7 nitrogen and oxygen atoms in total. The minimum Gasteiger partial charge on any atom is -0.463 e. The van der Waals surface area contributed by atoms with E-state index in [-0.39, 0.29) is 12.0 Å². The number of aryl methyl sites for hydroxylation is 1. The fourth-order valence-electron chi connectivity index (χ4n) is 2.10. The molecular weight excluding hydrogens is 272 g/mol. The van der Waals surface area contributed by atoms with Gasteiger partial charge in [-0.3, -0.25) is 0 Å². The molecule has 2 heterocycles. The van der Waals surface area contributed by atoms with Gasteiger partial charge in [-0.05, 0) is 26.3 Å². The van der Waals surface area contributed by atoms with Gasteiger partial charge >= 0.3 is 5.97 Å². The molecule has 1 aliphatic rings. The molecular formula is C14H20N4O3. The van der Waals surface area contributed by atoms with E-state index in [9.17, 15) is 4.79 Å². The van der Waals surface area contributed by atoms with Crippen LogP contribution in [0.1, 0.15) is 24.6 Å². The highest BCUT2D eigenvalue weighted by Crippen LogP contribution is 2.21. The van der Waals surface area contributed by atoms with Crippen molar-refractivity contribution in [1.82, 2.24) is 9.97 Å². The average Bonchev–Trinajstić information content (AvgIpc) is 2.90. The van der Waals surface area contributed by atoms with Gasteiger partial charge in [-0.2, -0.15) is 4.98 Å². The zero-order valence-electron chi connectivity index (χ0n) is 12.3. The first-order valence-electron chi connectivity index (χ1n) is 6.93.